The van der Waals surface area contributed by atoms with E-state index < -0.39 is 45.1 Å². The Morgan fingerprint density at radius 2 is 1.68 bits per heavy atom. The molecule has 7 nitrogen and oxygen atoms in total. The molecule has 0 radical (unpaired) electrons. The Balaban J connectivity index is 1.55. The molecule has 202 valence electrons. The van der Waals surface area contributed by atoms with Gasteiger partial charge in [-0.3, -0.25) is 4.79 Å². The van der Waals surface area contributed by atoms with Crippen LogP contribution >= 0.6 is 0 Å². The molecule has 1 amide bonds. The van der Waals surface area contributed by atoms with Gasteiger partial charge in [0.1, 0.15) is 17.2 Å². The molecule has 0 aliphatic carbocycles. The maximum absolute atomic E-state index is 14.3. The molecule has 2 heterocycles. The number of nitrogens with one attached hydrogen (secondary N) is 1. The highest BCUT2D eigenvalue weighted by Gasteiger charge is 2.53. The summed E-state index contributed by atoms with van der Waals surface area (Å²) in [6.45, 7) is 3.13. The zero-order chi connectivity index (χ0) is 27.9. The molecule has 1 saturated heterocycles. The Bertz CT molecular complexity index is 1450. The molecule has 2 atom stereocenters. The van der Waals surface area contributed by atoms with E-state index in [1.165, 1.54) is 13.0 Å². The van der Waals surface area contributed by atoms with Gasteiger partial charge in [0.05, 0.1) is 4.90 Å². The van der Waals surface area contributed by atoms with Gasteiger partial charge in [0.25, 0.3) is 0 Å². The fraction of sp³-hybridized carbons (Fsp3) is 0.320. The van der Waals surface area contributed by atoms with Gasteiger partial charge in [0, 0.05) is 31.0 Å². The Kier molecular flexibility index (Phi) is 7.28. The summed E-state index contributed by atoms with van der Waals surface area (Å²) in [7, 11) is -4.14. The Hall–Kier alpha value is -3.45. The lowest BCUT2D eigenvalue weighted by Crippen LogP contribution is -2.57. The summed E-state index contributed by atoms with van der Waals surface area (Å²) in [5.41, 5.74) is -0.859. The van der Waals surface area contributed by atoms with Gasteiger partial charge < -0.3 is 5.32 Å². The highest BCUT2D eigenvalue weighted by Crippen LogP contribution is 2.39. The molecular weight excluding hydrogens is 531 g/mol. The average Bonchev–Trinajstić information content (AvgIpc) is 3.18. The number of nitrogens with zero attached hydrogens (tertiary/aromatic N) is 3. The summed E-state index contributed by atoms with van der Waals surface area (Å²) < 4.78 is 93.6. The topological polar surface area (TPSA) is 92.3 Å². The summed E-state index contributed by atoms with van der Waals surface area (Å²) in [6, 6.07) is 8.00. The highest BCUT2D eigenvalue weighted by atomic mass is 32.2. The van der Waals surface area contributed by atoms with Crippen LogP contribution in [0.25, 0.3) is 11.1 Å². The second-order valence-electron chi connectivity index (χ2n) is 9.19. The number of amides is 1. The van der Waals surface area contributed by atoms with Crippen molar-refractivity contribution >= 4 is 15.9 Å². The smallest absolute Gasteiger partial charge is 0.350 e. The normalized spacial score (nSPS) is 20.4. The number of rotatable bonds is 6. The van der Waals surface area contributed by atoms with E-state index in [0.29, 0.717) is 6.42 Å². The zero-order valence-corrected chi connectivity index (χ0v) is 21.1. The maximum Gasteiger partial charge on any atom is 0.451 e. The number of alkyl halides is 3. The van der Waals surface area contributed by atoms with Crippen molar-refractivity contribution in [2.24, 2.45) is 5.92 Å². The summed E-state index contributed by atoms with van der Waals surface area (Å²) in [5.74, 6) is -3.62. The van der Waals surface area contributed by atoms with Crippen LogP contribution < -0.4 is 5.32 Å². The summed E-state index contributed by atoms with van der Waals surface area (Å²) in [6.07, 6.45) is -2.47. The van der Waals surface area contributed by atoms with Gasteiger partial charge in [-0.15, -0.1) is 0 Å². The Labute approximate surface area is 215 Å². The van der Waals surface area contributed by atoms with Crippen molar-refractivity contribution in [1.82, 2.24) is 19.6 Å². The van der Waals surface area contributed by atoms with E-state index in [0.717, 1.165) is 53.1 Å². The second kappa shape index (κ2) is 10.0. The number of hydrogen-bond donors (Lipinski definition) is 1. The van der Waals surface area contributed by atoms with Gasteiger partial charge in [0.2, 0.25) is 21.8 Å². The minimum Gasteiger partial charge on any atom is -0.350 e. The van der Waals surface area contributed by atoms with Crippen molar-refractivity contribution in [1.29, 1.82) is 0 Å². The molecule has 38 heavy (non-hydrogen) atoms. The van der Waals surface area contributed by atoms with Crippen LogP contribution in [0.4, 0.5) is 22.0 Å². The number of benzene rings is 2. The fourth-order valence-corrected chi connectivity index (χ4v) is 6.26. The molecule has 1 fully saturated rings. The molecule has 1 aliphatic heterocycles. The third kappa shape index (κ3) is 5.25. The molecule has 1 aromatic heterocycles. The van der Waals surface area contributed by atoms with Gasteiger partial charge in [-0.05, 0) is 72.9 Å². The number of carbonyl (C=O) groups excluding carboxylic acids is 1. The quantitative estimate of drug-likeness (QED) is 0.452. The molecule has 13 heteroatoms. The van der Waals surface area contributed by atoms with Crippen LogP contribution in [-0.4, -0.2) is 40.7 Å². The molecule has 0 bridgehead atoms. The summed E-state index contributed by atoms with van der Waals surface area (Å²) >= 11 is 0. The van der Waals surface area contributed by atoms with E-state index in [1.54, 1.807) is 6.92 Å². The number of hydrogen-bond acceptors (Lipinski definition) is 5. The minimum atomic E-state index is -4.72. The van der Waals surface area contributed by atoms with Crippen LogP contribution in [0, 0.1) is 17.6 Å². The van der Waals surface area contributed by atoms with Crippen LogP contribution in [0.15, 0.2) is 59.8 Å². The minimum absolute atomic E-state index is 0.0723. The van der Waals surface area contributed by atoms with Crippen molar-refractivity contribution in [3.8, 4) is 11.1 Å². The molecule has 1 N–H and O–H groups in total. The Morgan fingerprint density at radius 3 is 2.29 bits per heavy atom. The lowest BCUT2D eigenvalue weighted by atomic mass is 9.88. The van der Waals surface area contributed by atoms with Crippen LogP contribution in [0.2, 0.25) is 0 Å². The lowest BCUT2D eigenvalue weighted by molar-refractivity contribution is -0.145. The van der Waals surface area contributed by atoms with Crippen LogP contribution in [0.1, 0.15) is 31.7 Å². The summed E-state index contributed by atoms with van der Waals surface area (Å²) in [4.78, 5) is 19.8. The van der Waals surface area contributed by atoms with Gasteiger partial charge in [-0.2, -0.15) is 17.5 Å². The van der Waals surface area contributed by atoms with Gasteiger partial charge in [0.15, 0.2) is 0 Å². The number of sulfonamides is 1. The number of halogens is 5. The first kappa shape index (κ1) is 27.6. The van der Waals surface area contributed by atoms with E-state index in [4.69, 9.17) is 0 Å². The third-order valence-corrected chi connectivity index (χ3v) is 8.76. The first-order chi connectivity index (χ1) is 17.7. The van der Waals surface area contributed by atoms with Crippen molar-refractivity contribution in [3.63, 3.8) is 0 Å². The van der Waals surface area contributed by atoms with Gasteiger partial charge >= 0.3 is 6.18 Å². The van der Waals surface area contributed by atoms with Crippen LogP contribution in [0.3, 0.4) is 0 Å². The lowest BCUT2D eigenvalue weighted by Gasteiger charge is -2.36. The first-order valence-corrected chi connectivity index (χ1v) is 12.9. The van der Waals surface area contributed by atoms with Gasteiger partial charge in [-0.1, -0.05) is 6.92 Å². The third-order valence-electron chi connectivity index (χ3n) is 6.75. The average molecular weight is 555 g/mol. The van der Waals surface area contributed by atoms with Crippen LogP contribution in [-0.2, 0) is 27.5 Å². The standard InChI is InChI=1S/C25H23F5N4O3S/c1-15-7-8-34(38(36,37)21-5-3-19(26)4-6-21)24(15,2)23(35)33-12-16-9-17(11-20(27)10-16)18-13-31-22(32-14-18)25(28,29)30/h3-6,9-11,13-15H,7-8,12H2,1-2H3,(H,33,35)/t15-,24-/m0/s1. The first-order valence-electron chi connectivity index (χ1n) is 11.5. The molecule has 1 aliphatic rings. The fourth-order valence-electron chi connectivity index (χ4n) is 4.41. The number of aromatic nitrogens is 2. The summed E-state index contributed by atoms with van der Waals surface area (Å²) in [5, 5.41) is 2.66. The Morgan fingerprint density at radius 1 is 1.05 bits per heavy atom. The molecule has 0 spiro atoms. The zero-order valence-electron chi connectivity index (χ0n) is 20.3. The molecular formula is C25H23F5N4O3S. The van der Waals surface area contributed by atoms with E-state index in [-0.39, 0.29) is 40.6 Å². The monoisotopic (exact) mass is 554 g/mol. The van der Waals surface area contributed by atoms with Crippen molar-refractivity contribution in [2.45, 2.75) is 43.4 Å². The van der Waals surface area contributed by atoms with Crippen molar-refractivity contribution < 1.29 is 35.2 Å². The van der Waals surface area contributed by atoms with E-state index >= 15 is 0 Å². The predicted molar refractivity (Wildman–Crippen MR) is 127 cm³/mol. The molecule has 0 saturated carbocycles. The maximum atomic E-state index is 14.3. The van der Waals surface area contributed by atoms with E-state index in [1.807, 2.05) is 0 Å². The highest BCUT2D eigenvalue weighted by molar-refractivity contribution is 7.89. The van der Waals surface area contributed by atoms with E-state index in [9.17, 15) is 35.2 Å². The molecule has 4 rings (SSSR count). The SMILES string of the molecule is C[C@H]1CCN(S(=O)(=O)c2ccc(F)cc2)[C@]1(C)C(=O)NCc1cc(F)cc(-c2cnc(C(F)(F)F)nc2)c1. The van der Waals surface area contributed by atoms with Crippen molar-refractivity contribution in [2.75, 3.05) is 6.54 Å². The predicted octanol–water partition coefficient (Wildman–Crippen LogP) is 4.55. The van der Waals surface area contributed by atoms with Crippen LogP contribution in [0.5, 0.6) is 0 Å². The molecule has 0 unspecified atom stereocenters. The molecule has 3 aromatic rings. The van der Waals surface area contributed by atoms with E-state index in [2.05, 4.69) is 15.3 Å². The number of carbonyl (C=O) groups is 1. The molecule has 2 aromatic carbocycles. The van der Waals surface area contributed by atoms with Gasteiger partial charge in [-0.25, -0.2) is 27.2 Å². The largest absolute Gasteiger partial charge is 0.451 e. The van der Waals surface area contributed by atoms with Crippen molar-refractivity contribution in [3.05, 3.63) is 77.9 Å². The second-order valence-corrected chi connectivity index (χ2v) is 11.1.